The number of rotatable bonds is 7. The van der Waals surface area contributed by atoms with Crippen LogP contribution < -0.4 is 16.1 Å². The van der Waals surface area contributed by atoms with E-state index >= 15 is 0 Å². The number of benzene rings is 3. The maximum Gasteiger partial charge on any atom is 0.329 e. The van der Waals surface area contributed by atoms with E-state index in [9.17, 15) is 9.59 Å². The third kappa shape index (κ3) is 6.68. The second-order valence-electron chi connectivity index (χ2n) is 7.44. The molecule has 0 aliphatic heterocycles. The lowest BCUT2D eigenvalue weighted by Crippen LogP contribution is -2.39. The third-order valence-corrected chi connectivity index (χ3v) is 5.09. The number of aryl methyl sites for hydroxylation is 1. The van der Waals surface area contributed by atoms with Crippen LogP contribution in [0.15, 0.2) is 77.9 Å². The van der Waals surface area contributed by atoms with E-state index < -0.39 is 11.8 Å². The van der Waals surface area contributed by atoms with Crippen molar-refractivity contribution in [2.24, 2.45) is 5.10 Å². The summed E-state index contributed by atoms with van der Waals surface area (Å²) in [6, 6.07) is 23.0. The monoisotopic (exact) mass is 448 g/mol. The Morgan fingerprint density at radius 1 is 1.00 bits per heavy atom. The van der Waals surface area contributed by atoms with Gasteiger partial charge < -0.3 is 10.6 Å². The molecule has 2 amide bonds. The van der Waals surface area contributed by atoms with Gasteiger partial charge in [0.1, 0.15) is 0 Å². The number of nitrogens with one attached hydrogen (secondary N) is 3. The molecule has 0 saturated heterocycles. The first kappa shape index (κ1) is 23.0. The Bertz CT molecular complexity index is 1100. The zero-order chi connectivity index (χ0) is 22.9. The predicted octanol–water partition coefficient (Wildman–Crippen LogP) is 4.76. The summed E-state index contributed by atoms with van der Waals surface area (Å²) in [5, 5.41) is 10.4. The molecule has 3 aromatic rings. The molecule has 6 nitrogen and oxygen atoms in total. The fourth-order valence-corrected chi connectivity index (χ4v) is 3.16. The second kappa shape index (κ2) is 11.1. The summed E-state index contributed by atoms with van der Waals surface area (Å²) in [5.41, 5.74) is 6.83. The van der Waals surface area contributed by atoms with Crippen LogP contribution in [0, 0.1) is 6.92 Å². The summed E-state index contributed by atoms with van der Waals surface area (Å²) < 4.78 is 0. The lowest BCUT2D eigenvalue weighted by atomic mass is 10.0. The minimum atomic E-state index is -0.836. The van der Waals surface area contributed by atoms with Crippen molar-refractivity contribution in [1.29, 1.82) is 0 Å². The predicted molar refractivity (Wildman–Crippen MR) is 130 cm³/mol. The molecule has 0 aliphatic carbocycles. The smallest absolute Gasteiger partial charge is 0.329 e. The number of hydrazone groups is 1. The van der Waals surface area contributed by atoms with Crippen LogP contribution in [0.1, 0.15) is 29.5 Å². The average molecular weight is 449 g/mol. The highest BCUT2D eigenvalue weighted by Gasteiger charge is 2.14. The zero-order valence-electron chi connectivity index (χ0n) is 17.9. The number of hydrogen-bond acceptors (Lipinski definition) is 4. The molecule has 7 heteroatoms. The lowest BCUT2D eigenvalue weighted by Gasteiger charge is -2.12. The van der Waals surface area contributed by atoms with E-state index in [0.29, 0.717) is 17.1 Å². The van der Waals surface area contributed by atoms with E-state index in [0.717, 1.165) is 22.5 Å². The summed E-state index contributed by atoms with van der Waals surface area (Å²) in [7, 11) is 0. The van der Waals surface area contributed by atoms with E-state index in [1.165, 1.54) is 6.21 Å². The van der Waals surface area contributed by atoms with Crippen LogP contribution in [0.2, 0.25) is 5.02 Å². The van der Waals surface area contributed by atoms with Crippen molar-refractivity contribution in [2.45, 2.75) is 19.8 Å². The van der Waals surface area contributed by atoms with Crippen LogP contribution in [-0.4, -0.2) is 24.6 Å². The van der Waals surface area contributed by atoms with E-state index in [1.807, 2.05) is 74.5 Å². The molecule has 0 unspecified atom stereocenters. The Hall–Kier alpha value is -3.64. The molecule has 0 spiro atoms. The van der Waals surface area contributed by atoms with Crippen molar-refractivity contribution in [3.8, 4) is 0 Å². The first-order chi connectivity index (χ1) is 15.4. The molecule has 0 aromatic heterocycles. The highest BCUT2D eigenvalue weighted by Crippen LogP contribution is 2.23. The van der Waals surface area contributed by atoms with Crippen molar-refractivity contribution < 1.29 is 9.59 Å². The summed E-state index contributed by atoms with van der Waals surface area (Å²) in [6.07, 6.45) is 1.44. The van der Waals surface area contributed by atoms with Crippen molar-refractivity contribution >= 4 is 41.0 Å². The molecule has 32 heavy (non-hydrogen) atoms. The van der Waals surface area contributed by atoms with Crippen LogP contribution in [-0.2, 0) is 9.59 Å². The standard InChI is InChI=1S/C25H25ClN4O2/c1-17-8-11-22(12-9-17)29-23-13-10-21(26)14-20(23)16-28-30-25(32)24(31)27-15-18(2)19-6-4-3-5-7-19/h3-14,16,18,29H,15H2,1-2H3,(H,27,31)(H,30,32)/b28-16-/t18-/m0/s1. The molecule has 0 fully saturated rings. The van der Waals surface area contributed by atoms with Gasteiger partial charge in [-0.25, -0.2) is 5.43 Å². The first-order valence-corrected chi connectivity index (χ1v) is 10.6. The minimum absolute atomic E-state index is 0.0818. The quantitative estimate of drug-likeness (QED) is 0.277. The van der Waals surface area contributed by atoms with Gasteiger partial charge >= 0.3 is 11.8 Å². The van der Waals surface area contributed by atoms with Crippen molar-refractivity contribution in [3.63, 3.8) is 0 Å². The molecule has 0 saturated carbocycles. The van der Waals surface area contributed by atoms with Gasteiger partial charge in [0, 0.05) is 28.5 Å². The number of halogens is 1. The summed E-state index contributed by atoms with van der Waals surface area (Å²) in [4.78, 5) is 24.2. The van der Waals surface area contributed by atoms with Crippen LogP contribution in [0.5, 0.6) is 0 Å². The largest absolute Gasteiger partial charge is 0.355 e. The lowest BCUT2D eigenvalue weighted by molar-refractivity contribution is -0.139. The second-order valence-corrected chi connectivity index (χ2v) is 7.88. The van der Waals surface area contributed by atoms with Crippen molar-refractivity contribution in [2.75, 3.05) is 11.9 Å². The molecule has 0 heterocycles. The maximum atomic E-state index is 12.1. The van der Waals surface area contributed by atoms with Gasteiger partial charge in [0.15, 0.2) is 0 Å². The van der Waals surface area contributed by atoms with Gasteiger partial charge in [-0.15, -0.1) is 0 Å². The Morgan fingerprint density at radius 3 is 2.44 bits per heavy atom. The number of anilines is 2. The van der Waals surface area contributed by atoms with Crippen LogP contribution in [0.4, 0.5) is 11.4 Å². The fourth-order valence-electron chi connectivity index (χ4n) is 2.98. The minimum Gasteiger partial charge on any atom is -0.355 e. The first-order valence-electron chi connectivity index (χ1n) is 10.2. The molecule has 0 radical (unpaired) electrons. The van der Waals surface area contributed by atoms with Gasteiger partial charge in [0.2, 0.25) is 0 Å². The van der Waals surface area contributed by atoms with Crippen LogP contribution in [0.25, 0.3) is 0 Å². The van der Waals surface area contributed by atoms with Gasteiger partial charge in [-0.3, -0.25) is 9.59 Å². The van der Waals surface area contributed by atoms with Gasteiger partial charge in [-0.2, -0.15) is 5.10 Å². The topological polar surface area (TPSA) is 82.6 Å². The van der Waals surface area contributed by atoms with Crippen LogP contribution in [0.3, 0.4) is 0 Å². The number of carbonyl (C=O) groups excluding carboxylic acids is 2. The molecule has 3 N–H and O–H groups in total. The maximum absolute atomic E-state index is 12.1. The van der Waals surface area contributed by atoms with E-state index in [2.05, 4.69) is 21.2 Å². The highest BCUT2D eigenvalue weighted by molar-refractivity contribution is 6.35. The fraction of sp³-hybridized carbons (Fsp3) is 0.160. The highest BCUT2D eigenvalue weighted by atomic mass is 35.5. The molecule has 164 valence electrons. The number of amides is 2. The van der Waals surface area contributed by atoms with Crippen molar-refractivity contribution in [1.82, 2.24) is 10.7 Å². The van der Waals surface area contributed by atoms with Gasteiger partial charge in [-0.1, -0.05) is 66.6 Å². The number of nitrogens with zero attached hydrogens (tertiary/aromatic N) is 1. The zero-order valence-corrected chi connectivity index (χ0v) is 18.7. The summed E-state index contributed by atoms with van der Waals surface area (Å²) >= 11 is 6.11. The van der Waals surface area contributed by atoms with E-state index in [-0.39, 0.29) is 5.92 Å². The Labute approximate surface area is 192 Å². The van der Waals surface area contributed by atoms with Gasteiger partial charge in [-0.05, 0) is 48.7 Å². The summed E-state index contributed by atoms with van der Waals surface area (Å²) in [6.45, 7) is 4.34. The molecule has 1 atom stereocenters. The molecular weight excluding hydrogens is 424 g/mol. The third-order valence-electron chi connectivity index (χ3n) is 4.86. The van der Waals surface area contributed by atoms with Gasteiger partial charge in [0.25, 0.3) is 0 Å². The number of carbonyl (C=O) groups is 2. The van der Waals surface area contributed by atoms with Crippen molar-refractivity contribution in [3.05, 3.63) is 94.5 Å². The molecule has 0 aliphatic rings. The Kier molecular flexibility index (Phi) is 8.00. The van der Waals surface area contributed by atoms with Gasteiger partial charge in [0.05, 0.1) is 6.21 Å². The Balaban J connectivity index is 1.57. The normalized spacial score (nSPS) is 11.7. The average Bonchev–Trinajstić information content (AvgIpc) is 2.80. The summed E-state index contributed by atoms with van der Waals surface area (Å²) in [5.74, 6) is -1.50. The van der Waals surface area contributed by atoms with Crippen LogP contribution >= 0.6 is 11.6 Å². The Morgan fingerprint density at radius 2 is 1.72 bits per heavy atom. The van der Waals surface area contributed by atoms with E-state index in [4.69, 9.17) is 11.6 Å². The number of hydrogen-bond donors (Lipinski definition) is 3. The molecule has 3 aromatic carbocycles. The SMILES string of the molecule is Cc1ccc(Nc2ccc(Cl)cc2/C=N\NC(=O)C(=O)NC[C@H](C)c2ccccc2)cc1. The molecule has 3 rings (SSSR count). The molecular formula is C25H25ClN4O2. The molecule has 0 bridgehead atoms. The van der Waals surface area contributed by atoms with E-state index in [1.54, 1.807) is 12.1 Å².